The molecule has 4 rings (SSSR count). The van der Waals surface area contributed by atoms with E-state index in [9.17, 15) is 31.1 Å². The van der Waals surface area contributed by atoms with Gasteiger partial charge in [-0.05, 0) is 80.4 Å². The predicted molar refractivity (Wildman–Crippen MR) is 119 cm³/mol. The summed E-state index contributed by atoms with van der Waals surface area (Å²) < 4.78 is 78.1. The van der Waals surface area contributed by atoms with Gasteiger partial charge in [-0.15, -0.1) is 0 Å². The fraction of sp³-hybridized carbons (Fsp3) is 0.500. The molecule has 2 aromatic carbocycles. The van der Waals surface area contributed by atoms with Crippen molar-refractivity contribution in [3.63, 3.8) is 0 Å². The van der Waals surface area contributed by atoms with Gasteiger partial charge < -0.3 is 10.2 Å². The number of amides is 1. The second-order valence-corrected chi connectivity index (χ2v) is 9.62. The minimum Gasteiger partial charge on any atom is -0.352 e. The number of benzene rings is 2. The maximum absolute atomic E-state index is 13.0. The number of likely N-dealkylation sites (tertiary alicyclic amines) is 1. The molecule has 2 fully saturated rings. The Morgan fingerprint density at radius 2 is 1.43 bits per heavy atom. The summed E-state index contributed by atoms with van der Waals surface area (Å²) in [5, 5.41) is 2.52. The number of halogens is 6. The van der Waals surface area contributed by atoms with E-state index in [0.29, 0.717) is 36.9 Å². The average Bonchev–Trinajstić information content (AvgIpc) is 2.77. The molecule has 35 heavy (non-hydrogen) atoms. The Kier molecular flexibility index (Phi) is 7.45. The number of alkyl halides is 6. The van der Waals surface area contributed by atoms with Gasteiger partial charge in [-0.2, -0.15) is 26.3 Å². The zero-order valence-electron chi connectivity index (χ0n) is 19.1. The summed E-state index contributed by atoms with van der Waals surface area (Å²) in [7, 11) is 0. The van der Waals surface area contributed by atoms with Crippen LogP contribution in [0.1, 0.15) is 47.9 Å². The van der Waals surface area contributed by atoms with Crippen molar-refractivity contribution >= 4 is 5.91 Å². The van der Waals surface area contributed by atoms with Gasteiger partial charge in [0, 0.05) is 18.5 Å². The minimum absolute atomic E-state index is 0.0882. The van der Waals surface area contributed by atoms with Crippen molar-refractivity contribution in [3.05, 3.63) is 70.8 Å². The highest BCUT2D eigenvalue weighted by Gasteiger charge is 2.39. The van der Waals surface area contributed by atoms with Crippen LogP contribution >= 0.6 is 0 Å². The number of nitrogens with zero attached hydrogens (tertiary/aromatic N) is 1. The molecule has 0 spiro atoms. The van der Waals surface area contributed by atoms with Crippen LogP contribution in [0.25, 0.3) is 0 Å². The first-order valence-corrected chi connectivity index (χ1v) is 11.8. The number of hydrogen-bond donors (Lipinski definition) is 1. The molecule has 1 saturated carbocycles. The van der Waals surface area contributed by atoms with Crippen LogP contribution in [-0.2, 0) is 30.1 Å². The lowest BCUT2D eigenvalue weighted by Crippen LogP contribution is -2.51. The van der Waals surface area contributed by atoms with Gasteiger partial charge in [0.05, 0.1) is 11.1 Å². The zero-order chi connectivity index (χ0) is 25.2. The smallest absolute Gasteiger partial charge is 0.352 e. The first kappa shape index (κ1) is 25.5. The molecule has 1 saturated heterocycles. The van der Waals surface area contributed by atoms with Crippen molar-refractivity contribution in [2.45, 2.75) is 57.0 Å². The highest BCUT2D eigenvalue weighted by molar-refractivity contribution is 5.79. The third-order valence-corrected chi connectivity index (χ3v) is 7.13. The van der Waals surface area contributed by atoms with Crippen LogP contribution in [0, 0.1) is 11.8 Å². The van der Waals surface area contributed by atoms with E-state index in [2.05, 4.69) is 22.3 Å². The summed E-state index contributed by atoms with van der Waals surface area (Å²) in [5.41, 5.74) is -1.64. The van der Waals surface area contributed by atoms with E-state index < -0.39 is 23.5 Å². The SMILES string of the molecule is O=C(NCc1cc(C(F)(F)F)cc(C(F)(F)F)c1)C1CC(N2CCC(Cc3ccccc3)CC2)C1. The molecule has 190 valence electrons. The quantitative estimate of drug-likeness (QED) is 0.490. The van der Waals surface area contributed by atoms with Gasteiger partial charge in [0.1, 0.15) is 0 Å². The van der Waals surface area contributed by atoms with Crippen molar-refractivity contribution in [1.82, 2.24) is 10.2 Å². The number of hydrogen-bond acceptors (Lipinski definition) is 2. The molecule has 1 aliphatic heterocycles. The van der Waals surface area contributed by atoms with E-state index in [0.717, 1.165) is 32.4 Å². The summed E-state index contributed by atoms with van der Waals surface area (Å²) in [4.78, 5) is 14.9. The van der Waals surface area contributed by atoms with Crippen LogP contribution in [0.15, 0.2) is 48.5 Å². The van der Waals surface area contributed by atoms with Crippen LogP contribution in [-0.4, -0.2) is 29.9 Å². The normalized spacial score (nSPS) is 22.0. The Hall–Kier alpha value is -2.55. The van der Waals surface area contributed by atoms with Crippen molar-refractivity contribution in [3.8, 4) is 0 Å². The lowest BCUT2D eigenvalue weighted by atomic mass is 9.77. The topological polar surface area (TPSA) is 32.3 Å². The predicted octanol–water partition coefficient (Wildman–Crippen LogP) is 6.07. The van der Waals surface area contributed by atoms with Crippen LogP contribution in [0.4, 0.5) is 26.3 Å². The highest BCUT2D eigenvalue weighted by Crippen LogP contribution is 2.37. The lowest BCUT2D eigenvalue weighted by molar-refractivity contribution is -0.143. The molecular formula is C26H28F6N2O. The summed E-state index contributed by atoms with van der Waals surface area (Å²) in [6.45, 7) is 1.57. The molecule has 0 radical (unpaired) electrons. The molecule has 2 aromatic rings. The monoisotopic (exact) mass is 498 g/mol. The van der Waals surface area contributed by atoms with Gasteiger partial charge in [-0.3, -0.25) is 4.79 Å². The van der Waals surface area contributed by atoms with E-state index in [4.69, 9.17) is 0 Å². The molecule has 9 heteroatoms. The van der Waals surface area contributed by atoms with Crippen LogP contribution in [0.3, 0.4) is 0 Å². The highest BCUT2D eigenvalue weighted by atomic mass is 19.4. The van der Waals surface area contributed by atoms with E-state index >= 15 is 0 Å². The Morgan fingerprint density at radius 3 is 1.97 bits per heavy atom. The Bertz CT molecular complexity index is 974. The van der Waals surface area contributed by atoms with Crippen molar-refractivity contribution < 1.29 is 31.1 Å². The number of carbonyl (C=O) groups is 1. The average molecular weight is 499 g/mol. The lowest BCUT2D eigenvalue weighted by Gasteiger charge is -2.45. The van der Waals surface area contributed by atoms with Gasteiger partial charge in [-0.1, -0.05) is 30.3 Å². The largest absolute Gasteiger partial charge is 0.416 e. The standard InChI is InChI=1S/C26H28F6N2O/c27-25(28,29)21-11-19(12-22(15-21)26(30,31)32)16-33-24(35)20-13-23(14-20)34-8-6-18(7-9-34)10-17-4-2-1-3-5-17/h1-5,11-12,15,18,20,23H,6-10,13-14,16H2,(H,33,35). The van der Waals surface area contributed by atoms with Gasteiger partial charge in [0.25, 0.3) is 0 Å². The maximum atomic E-state index is 13.0. The molecule has 0 atom stereocenters. The van der Waals surface area contributed by atoms with E-state index in [1.165, 1.54) is 5.56 Å². The summed E-state index contributed by atoms with van der Waals surface area (Å²) in [6.07, 6.45) is -5.24. The molecule has 1 heterocycles. The molecule has 3 nitrogen and oxygen atoms in total. The zero-order valence-corrected chi connectivity index (χ0v) is 19.1. The maximum Gasteiger partial charge on any atom is 0.416 e. The number of piperidine rings is 1. The van der Waals surface area contributed by atoms with Crippen LogP contribution in [0.5, 0.6) is 0 Å². The Labute approximate surface area is 200 Å². The molecular weight excluding hydrogens is 470 g/mol. The third kappa shape index (κ3) is 6.57. The molecule has 1 aliphatic carbocycles. The second-order valence-electron chi connectivity index (χ2n) is 9.62. The fourth-order valence-corrected chi connectivity index (χ4v) is 5.02. The molecule has 0 bridgehead atoms. The second kappa shape index (κ2) is 10.2. The minimum atomic E-state index is -4.91. The van der Waals surface area contributed by atoms with Crippen molar-refractivity contribution in [1.29, 1.82) is 0 Å². The van der Waals surface area contributed by atoms with Gasteiger partial charge in [0.2, 0.25) is 5.91 Å². The van der Waals surface area contributed by atoms with Crippen molar-refractivity contribution in [2.24, 2.45) is 11.8 Å². The van der Waals surface area contributed by atoms with E-state index in [1.807, 2.05) is 18.2 Å². The molecule has 0 aromatic heterocycles. The fourth-order valence-electron chi connectivity index (χ4n) is 5.02. The summed E-state index contributed by atoms with van der Waals surface area (Å²) in [5.74, 6) is 0.0444. The van der Waals surface area contributed by atoms with Gasteiger partial charge in [-0.25, -0.2) is 0 Å². The summed E-state index contributed by atoms with van der Waals surface area (Å²) in [6, 6.07) is 12.1. The van der Waals surface area contributed by atoms with E-state index in [1.54, 1.807) is 0 Å². The molecule has 2 aliphatic rings. The van der Waals surface area contributed by atoms with Crippen LogP contribution < -0.4 is 5.32 Å². The number of nitrogens with one attached hydrogen (secondary N) is 1. The Balaban J connectivity index is 1.24. The molecule has 1 N–H and O–H groups in total. The molecule has 0 unspecified atom stereocenters. The summed E-state index contributed by atoms with van der Waals surface area (Å²) >= 11 is 0. The van der Waals surface area contributed by atoms with Crippen LogP contribution in [0.2, 0.25) is 0 Å². The first-order chi connectivity index (χ1) is 16.5. The molecule has 1 amide bonds. The van der Waals surface area contributed by atoms with Gasteiger partial charge >= 0.3 is 12.4 Å². The number of carbonyl (C=O) groups excluding carboxylic acids is 1. The van der Waals surface area contributed by atoms with E-state index in [-0.39, 0.29) is 30.0 Å². The first-order valence-electron chi connectivity index (χ1n) is 11.8. The Morgan fingerprint density at radius 1 is 0.857 bits per heavy atom. The van der Waals surface area contributed by atoms with Gasteiger partial charge in [0.15, 0.2) is 0 Å². The third-order valence-electron chi connectivity index (χ3n) is 7.13. The van der Waals surface area contributed by atoms with Crippen molar-refractivity contribution in [2.75, 3.05) is 13.1 Å². The number of rotatable bonds is 6.